The van der Waals surface area contributed by atoms with Crippen LogP contribution in [0.3, 0.4) is 0 Å². The molecular formula is C13H17Cl2NO4S. The predicted molar refractivity (Wildman–Crippen MR) is 82.5 cm³/mol. The van der Waals surface area contributed by atoms with E-state index in [0.717, 1.165) is 0 Å². The molecule has 1 aromatic carbocycles. The highest BCUT2D eigenvalue weighted by molar-refractivity contribution is 7.89. The van der Waals surface area contributed by atoms with E-state index in [1.54, 1.807) is 26.8 Å². The second kappa shape index (κ2) is 6.96. The van der Waals surface area contributed by atoms with Crippen molar-refractivity contribution in [2.75, 3.05) is 6.54 Å². The highest BCUT2D eigenvalue weighted by Gasteiger charge is 2.24. The average molecular weight is 354 g/mol. The van der Waals surface area contributed by atoms with Crippen LogP contribution in [-0.2, 0) is 14.8 Å². The maximum absolute atomic E-state index is 12.4. The van der Waals surface area contributed by atoms with Gasteiger partial charge in [-0.15, -0.1) is 0 Å². The maximum Gasteiger partial charge on any atom is 0.303 e. The van der Waals surface area contributed by atoms with E-state index in [1.165, 1.54) is 0 Å². The fraction of sp³-hybridized carbons (Fsp3) is 0.462. The number of aryl methyl sites for hydroxylation is 1. The Kier molecular flexibility index (Phi) is 6.04. The maximum atomic E-state index is 12.4. The molecule has 0 heterocycles. The van der Waals surface area contributed by atoms with Crippen LogP contribution >= 0.6 is 23.2 Å². The van der Waals surface area contributed by atoms with Crippen molar-refractivity contribution in [1.29, 1.82) is 0 Å². The third-order valence-corrected chi connectivity index (χ3v) is 5.59. The number of carbonyl (C=O) groups is 1. The first-order valence-electron chi connectivity index (χ1n) is 6.23. The lowest BCUT2D eigenvalue weighted by atomic mass is 10.1. The lowest BCUT2D eigenvalue weighted by Crippen LogP contribution is -2.30. The van der Waals surface area contributed by atoms with Crippen molar-refractivity contribution >= 4 is 39.2 Å². The molecule has 1 aromatic rings. The second-order valence-electron chi connectivity index (χ2n) is 5.00. The van der Waals surface area contributed by atoms with E-state index in [0.29, 0.717) is 16.1 Å². The van der Waals surface area contributed by atoms with Gasteiger partial charge in [0.1, 0.15) is 4.90 Å². The van der Waals surface area contributed by atoms with Gasteiger partial charge in [0, 0.05) is 18.0 Å². The number of carboxylic acid groups (broad SMARTS) is 1. The molecule has 0 spiro atoms. The van der Waals surface area contributed by atoms with Gasteiger partial charge >= 0.3 is 5.97 Å². The van der Waals surface area contributed by atoms with E-state index < -0.39 is 16.0 Å². The first-order valence-corrected chi connectivity index (χ1v) is 8.46. The number of benzene rings is 1. The summed E-state index contributed by atoms with van der Waals surface area (Å²) in [5.74, 6) is -1.31. The topological polar surface area (TPSA) is 83.5 Å². The summed E-state index contributed by atoms with van der Waals surface area (Å²) >= 11 is 12.1. The van der Waals surface area contributed by atoms with E-state index in [1.807, 2.05) is 0 Å². The van der Waals surface area contributed by atoms with E-state index in [4.69, 9.17) is 28.3 Å². The van der Waals surface area contributed by atoms with Crippen LogP contribution in [0, 0.1) is 19.8 Å². The molecule has 0 aliphatic carbocycles. The standard InChI is InChI=1S/C13H17Cl2NO4S/c1-7(4-11(17)18)6-16-21(19,20)13-9(3)10(14)5-8(2)12(13)15/h5,7,16H,4,6H2,1-3H3,(H,17,18). The Morgan fingerprint density at radius 2 is 1.95 bits per heavy atom. The molecule has 0 saturated carbocycles. The van der Waals surface area contributed by atoms with Gasteiger partial charge in [-0.2, -0.15) is 0 Å². The quantitative estimate of drug-likeness (QED) is 0.823. The average Bonchev–Trinajstić information content (AvgIpc) is 2.33. The lowest BCUT2D eigenvalue weighted by molar-refractivity contribution is -0.137. The Labute approximate surface area is 134 Å². The highest BCUT2D eigenvalue weighted by atomic mass is 35.5. The van der Waals surface area contributed by atoms with E-state index in [-0.39, 0.29) is 28.8 Å². The number of halogens is 2. The summed E-state index contributed by atoms with van der Waals surface area (Å²) in [7, 11) is -3.86. The lowest BCUT2D eigenvalue weighted by Gasteiger charge is -2.15. The van der Waals surface area contributed by atoms with Gasteiger partial charge in [-0.25, -0.2) is 13.1 Å². The van der Waals surface area contributed by atoms with Crippen LogP contribution in [0.1, 0.15) is 24.5 Å². The van der Waals surface area contributed by atoms with Gasteiger partial charge in [-0.3, -0.25) is 4.79 Å². The van der Waals surface area contributed by atoms with Gasteiger partial charge in [0.2, 0.25) is 10.0 Å². The molecule has 0 aromatic heterocycles. The third kappa shape index (κ3) is 4.57. The van der Waals surface area contributed by atoms with Crippen molar-refractivity contribution in [3.05, 3.63) is 27.2 Å². The monoisotopic (exact) mass is 353 g/mol. The van der Waals surface area contributed by atoms with E-state index in [9.17, 15) is 13.2 Å². The normalized spacial score (nSPS) is 13.2. The van der Waals surface area contributed by atoms with Crippen LogP contribution < -0.4 is 4.72 Å². The number of hydrogen-bond donors (Lipinski definition) is 2. The molecule has 5 nitrogen and oxygen atoms in total. The van der Waals surface area contributed by atoms with Gasteiger partial charge in [0.05, 0.1) is 5.02 Å². The molecule has 0 fully saturated rings. The molecule has 0 bridgehead atoms. The van der Waals surface area contributed by atoms with Gasteiger partial charge in [-0.05, 0) is 37.0 Å². The summed E-state index contributed by atoms with van der Waals surface area (Å²) in [6.45, 7) is 4.90. The van der Waals surface area contributed by atoms with Crippen molar-refractivity contribution < 1.29 is 18.3 Å². The molecule has 1 atom stereocenters. The predicted octanol–water partition coefficient (Wildman–Crippen LogP) is 3.00. The van der Waals surface area contributed by atoms with Crippen molar-refractivity contribution in [3.63, 3.8) is 0 Å². The zero-order valence-electron chi connectivity index (χ0n) is 11.9. The SMILES string of the molecule is Cc1cc(Cl)c(C)c(S(=O)(=O)NCC(C)CC(=O)O)c1Cl. The van der Waals surface area contributed by atoms with Gasteiger partial charge < -0.3 is 5.11 Å². The molecule has 0 aliphatic heterocycles. The molecular weight excluding hydrogens is 337 g/mol. The molecule has 0 radical (unpaired) electrons. The highest BCUT2D eigenvalue weighted by Crippen LogP contribution is 2.33. The first kappa shape index (κ1) is 18.2. The van der Waals surface area contributed by atoms with Crippen molar-refractivity contribution in [3.8, 4) is 0 Å². The summed E-state index contributed by atoms with van der Waals surface area (Å²) in [5.41, 5.74) is 0.928. The molecule has 118 valence electrons. The molecule has 8 heteroatoms. The smallest absolute Gasteiger partial charge is 0.303 e. The first-order chi connectivity index (χ1) is 9.56. The number of carboxylic acids is 1. The number of aliphatic carboxylic acids is 1. The minimum Gasteiger partial charge on any atom is -0.481 e. The van der Waals surface area contributed by atoms with Crippen LogP contribution in [-0.4, -0.2) is 26.0 Å². The van der Waals surface area contributed by atoms with Crippen LogP contribution in [0.15, 0.2) is 11.0 Å². The number of hydrogen-bond acceptors (Lipinski definition) is 3. The molecule has 0 aliphatic rings. The van der Waals surface area contributed by atoms with Crippen LogP contribution in [0.5, 0.6) is 0 Å². The summed E-state index contributed by atoms with van der Waals surface area (Å²) < 4.78 is 27.1. The van der Waals surface area contributed by atoms with E-state index in [2.05, 4.69) is 4.72 Å². The fourth-order valence-corrected chi connectivity index (χ4v) is 4.20. The van der Waals surface area contributed by atoms with Crippen LogP contribution in [0.2, 0.25) is 10.0 Å². The molecule has 1 unspecified atom stereocenters. The molecule has 0 saturated heterocycles. The van der Waals surface area contributed by atoms with Gasteiger partial charge in [0.15, 0.2) is 0 Å². The Morgan fingerprint density at radius 3 is 2.48 bits per heavy atom. The largest absolute Gasteiger partial charge is 0.481 e. The summed E-state index contributed by atoms with van der Waals surface area (Å²) in [6, 6.07) is 1.60. The Balaban J connectivity index is 3.07. The Morgan fingerprint density at radius 1 is 1.38 bits per heavy atom. The zero-order valence-corrected chi connectivity index (χ0v) is 14.2. The minimum atomic E-state index is -3.86. The Hall–Kier alpha value is -0.820. The number of rotatable bonds is 6. The van der Waals surface area contributed by atoms with E-state index >= 15 is 0 Å². The summed E-state index contributed by atoms with van der Waals surface area (Å²) in [5, 5.41) is 9.11. The second-order valence-corrected chi connectivity index (χ2v) is 7.49. The molecule has 21 heavy (non-hydrogen) atoms. The zero-order chi connectivity index (χ0) is 16.4. The summed E-state index contributed by atoms with van der Waals surface area (Å²) in [4.78, 5) is 10.5. The van der Waals surface area contributed by atoms with Gasteiger partial charge in [0.25, 0.3) is 0 Å². The van der Waals surface area contributed by atoms with Crippen molar-refractivity contribution in [2.45, 2.75) is 32.1 Å². The third-order valence-electron chi connectivity index (χ3n) is 3.00. The fourth-order valence-electron chi connectivity index (χ4n) is 1.83. The molecule has 1 rings (SSSR count). The summed E-state index contributed by atoms with van der Waals surface area (Å²) in [6.07, 6.45) is -0.121. The molecule has 2 N–H and O–H groups in total. The van der Waals surface area contributed by atoms with Crippen LogP contribution in [0.25, 0.3) is 0 Å². The van der Waals surface area contributed by atoms with Crippen molar-refractivity contribution in [1.82, 2.24) is 4.72 Å². The van der Waals surface area contributed by atoms with Gasteiger partial charge in [-0.1, -0.05) is 30.1 Å². The van der Waals surface area contributed by atoms with Crippen molar-refractivity contribution in [2.24, 2.45) is 5.92 Å². The molecule has 0 amide bonds. The number of sulfonamides is 1. The van der Waals surface area contributed by atoms with Crippen LogP contribution in [0.4, 0.5) is 0 Å². The number of nitrogens with one attached hydrogen (secondary N) is 1. The minimum absolute atomic E-state index is 0.00988. The Bertz CT molecular complexity index is 632.